The average molecular weight is 571 g/mol. The van der Waals surface area contributed by atoms with Gasteiger partial charge < -0.3 is 4.55 Å². The minimum Gasteiger partial charge on any atom is -0.743 e. The fourth-order valence-electron chi connectivity index (χ4n) is 6.99. The van der Waals surface area contributed by atoms with Crippen LogP contribution < -0.4 is 0 Å². The highest BCUT2D eigenvalue weighted by Gasteiger charge is 2.62. The highest BCUT2D eigenvalue weighted by molar-refractivity contribution is 7.97. The smallest absolute Gasteiger partial charge is 0.337 e. The molecule has 0 amide bonds. The summed E-state index contributed by atoms with van der Waals surface area (Å²) < 4.78 is 60.5. The third kappa shape index (κ3) is 5.43. The Morgan fingerprint density at radius 2 is 1.18 bits per heavy atom. The number of alkyl halides is 2. The molecule has 4 fully saturated rings. The monoisotopic (exact) mass is 570 g/mol. The van der Waals surface area contributed by atoms with E-state index in [9.17, 15) is 26.5 Å². The van der Waals surface area contributed by atoms with E-state index in [1.807, 2.05) is 0 Å². The van der Waals surface area contributed by atoms with Crippen molar-refractivity contribution in [1.82, 2.24) is 0 Å². The molecule has 8 heteroatoms. The zero-order chi connectivity index (χ0) is 27.8. The van der Waals surface area contributed by atoms with Crippen molar-refractivity contribution in [2.24, 2.45) is 29.1 Å². The molecular weight excluding hydrogens is 538 g/mol. The SMILES string of the molecule is CC(C12CC3CC(C1)C(=O)C(C3)C2)C(F)(F)S(=O)(=O)[O-].c1ccc([S+](c2ccccc2)c2ccccc2)cc1. The fourth-order valence-corrected chi connectivity index (χ4v) is 9.78. The molecular formula is C31H32F2O4S2. The molecule has 4 aliphatic carbocycles. The summed E-state index contributed by atoms with van der Waals surface area (Å²) >= 11 is 0. The predicted octanol–water partition coefficient (Wildman–Crippen LogP) is 6.94. The van der Waals surface area contributed by atoms with Crippen LogP contribution in [0.3, 0.4) is 0 Å². The van der Waals surface area contributed by atoms with E-state index in [4.69, 9.17) is 0 Å². The number of rotatable bonds is 6. The lowest BCUT2D eigenvalue weighted by Gasteiger charge is -2.58. The molecule has 3 aromatic carbocycles. The number of hydrogen-bond acceptors (Lipinski definition) is 4. The second-order valence-electron chi connectivity index (χ2n) is 11.1. The van der Waals surface area contributed by atoms with Crippen molar-refractivity contribution in [2.45, 2.75) is 59.0 Å². The quantitative estimate of drug-likeness (QED) is 0.238. The molecule has 206 valence electrons. The normalized spacial score (nSPS) is 26.7. The van der Waals surface area contributed by atoms with Crippen molar-refractivity contribution >= 4 is 26.8 Å². The molecule has 0 aliphatic heterocycles. The third-order valence-electron chi connectivity index (χ3n) is 8.73. The van der Waals surface area contributed by atoms with E-state index in [1.165, 1.54) is 14.7 Å². The number of ketones is 1. The summed E-state index contributed by atoms with van der Waals surface area (Å²) in [6, 6.07) is 32.2. The Morgan fingerprint density at radius 1 is 0.795 bits per heavy atom. The van der Waals surface area contributed by atoms with Crippen LogP contribution in [-0.2, 0) is 25.8 Å². The van der Waals surface area contributed by atoms with Gasteiger partial charge in [-0.1, -0.05) is 61.5 Å². The van der Waals surface area contributed by atoms with E-state index in [0.717, 1.165) is 19.8 Å². The molecule has 0 aromatic heterocycles. The van der Waals surface area contributed by atoms with Gasteiger partial charge in [0.15, 0.2) is 24.8 Å². The van der Waals surface area contributed by atoms with Gasteiger partial charge in [0.25, 0.3) is 0 Å². The standard InChI is InChI=1S/C18H15S.C13H18F2O4S/c1-4-10-16(11-5-1)19(17-12-6-2-7-13-17)18-14-8-3-9-15-18;1-7(13(14,15)20(17,18)19)12-4-8-2-9(5-12)11(16)10(3-8)6-12/h1-15H;7-10H,2-6H2,1H3,(H,17,18,19)/q+1;/p-1. The molecule has 0 radical (unpaired) electrons. The summed E-state index contributed by atoms with van der Waals surface area (Å²) in [5, 5.41) is -4.26. The molecule has 3 atom stereocenters. The van der Waals surface area contributed by atoms with E-state index >= 15 is 0 Å². The number of Topliss-reactive ketones (excluding diaryl/α,β-unsaturated/α-hetero) is 1. The van der Waals surface area contributed by atoms with Crippen LogP contribution in [0.4, 0.5) is 8.78 Å². The summed E-state index contributed by atoms with van der Waals surface area (Å²) in [6.07, 6.45) is 2.61. The molecule has 4 saturated carbocycles. The highest BCUT2D eigenvalue weighted by Crippen LogP contribution is 2.63. The van der Waals surface area contributed by atoms with Crippen LogP contribution in [-0.4, -0.2) is 24.0 Å². The fraction of sp³-hybridized carbons (Fsp3) is 0.387. The van der Waals surface area contributed by atoms with Gasteiger partial charge in [0.1, 0.15) is 5.78 Å². The van der Waals surface area contributed by atoms with Gasteiger partial charge in [-0.05, 0) is 79.8 Å². The van der Waals surface area contributed by atoms with E-state index in [-0.39, 0.29) is 34.4 Å². The summed E-state index contributed by atoms with van der Waals surface area (Å²) in [6.45, 7) is 1.16. The van der Waals surface area contributed by atoms with Crippen molar-refractivity contribution in [3.05, 3.63) is 91.0 Å². The van der Waals surface area contributed by atoms with Gasteiger partial charge in [0, 0.05) is 17.8 Å². The lowest BCUT2D eigenvalue weighted by Crippen LogP contribution is -2.57. The van der Waals surface area contributed by atoms with Gasteiger partial charge in [-0.15, -0.1) is 0 Å². The van der Waals surface area contributed by atoms with Crippen molar-refractivity contribution in [3.63, 3.8) is 0 Å². The van der Waals surface area contributed by atoms with Crippen molar-refractivity contribution < 1.29 is 26.5 Å². The van der Waals surface area contributed by atoms with E-state index in [2.05, 4.69) is 91.0 Å². The molecule has 4 nitrogen and oxygen atoms in total. The van der Waals surface area contributed by atoms with Crippen molar-refractivity contribution in [2.75, 3.05) is 0 Å². The van der Waals surface area contributed by atoms with Crippen LogP contribution in [0.2, 0.25) is 0 Å². The van der Waals surface area contributed by atoms with Gasteiger partial charge in [-0.2, -0.15) is 8.78 Å². The number of carbonyl (C=O) groups excluding carboxylic acids is 1. The molecule has 7 rings (SSSR count). The summed E-state index contributed by atoms with van der Waals surface area (Å²) in [4.78, 5) is 16.1. The first-order chi connectivity index (χ1) is 18.5. The Hall–Kier alpha value is -2.55. The zero-order valence-electron chi connectivity index (χ0n) is 21.7. The maximum absolute atomic E-state index is 13.9. The summed E-state index contributed by atoms with van der Waals surface area (Å²) in [5.41, 5.74) is -0.870. The van der Waals surface area contributed by atoms with E-state index in [1.54, 1.807) is 0 Å². The molecule has 0 spiro atoms. The number of benzene rings is 3. The Balaban J connectivity index is 0.000000158. The van der Waals surface area contributed by atoms with Crippen molar-refractivity contribution in [3.8, 4) is 0 Å². The lowest BCUT2D eigenvalue weighted by molar-refractivity contribution is -0.163. The maximum atomic E-state index is 13.9. The van der Waals surface area contributed by atoms with Crippen molar-refractivity contribution in [1.29, 1.82) is 0 Å². The molecule has 3 aromatic rings. The first kappa shape index (κ1) is 28.0. The average Bonchev–Trinajstić information content (AvgIpc) is 2.92. The minimum atomic E-state index is -5.68. The van der Waals surface area contributed by atoms with Crippen LogP contribution in [0.25, 0.3) is 0 Å². The molecule has 4 aliphatic rings. The second-order valence-corrected chi connectivity index (χ2v) is 14.6. The first-order valence-electron chi connectivity index (χ1n) is 13.3. The van der Waals surface area contributed by atoms with Gasteiger partial charge in [0.2, 0.25) is 0 Å². The summed E-state index contributed by atoms with van der Waals surface area (Å²) in [7, 11) is -5.69. The number of hydrogen-bond donors (Lipinski definition) is 0. The van der Waals surface area contributed by atoms with Crippen LogP contribution in [0.15, 0.2) is 106 Å². The Bertz CT molecular complexity index is 1290. The van der Waals surface area contributed by atoms with Crippen LogP contribution >= 0.6 is 0 Å². The van der Waals surface area contributed by atoms with Crippen LogP contribution in [0.5, 0.6) is 0 Å². The lowest BCUT2D eigenvalue weighted by atomic mass is 9.46. The molecule has 3 unspecified atom stereocenters. The third-order valence-corrected chi connectivity index (χ3v) is 12.0. The van der Waals surface area contributed by atoms with Gasteiger partial charge in [0.05, 0.1) is 10.9 Å². The second kappa shape index (κ2) is 10.8. The molecule has 39 heavy (non-hydrogen) atoms. The minimum absolute atomic E-state index is 0.0146. The first-order valence-corrected chi connectivity index (χ1v) is 15.9. The Kier molecular flexibility index (Phi) is 7.74. The largest absolute Gasteiger partial charge is 0.743 e. The molecule has 0 saturated heterocycles. The highest BCUT2D eigenvalue weighted by atomic mass is 32.2. The summed E-state index contributed by atoms with van der Waals surface area (Å²) in [5.74, 6) is -1.59. The van der Waals surface area contributed by atoms with Crippen LogP contribution in [0, 0.1) is 29.1 Å². The van der Waals surface area contributed by atoms with E-state index < -0.39 is 26.7 Å². The predicted molar refractivity (Wildman–Crippen MR) is 146 cm³/mol. The van der Waals surface area contributed by atoms with Gasteiger partial charge in [-0.25, -0.2) is 8.42 Å². The number of carbonyl (C=O) groups is 1. The Labute approximate surface area is 231 Å². The maximum Gasteiger partial charge on any atom is 0.337 e. The molecule has 0 heterocycles. The van der Waals surface area contributed by atoms with Crippen LogP contribution in [0.1, 0.15) is 39.0 Å². The molecule has 4 bridgehead atoms. The van der Waals surface area contributed by atoms with Gasteiger partial charge in [-0.3, -0.25) is 4.79 Å². The topological polar surface area (TPSA) is 74.3 Å². The number of halogens is 2. The van der Waals surface area contributed by atoms with Gasteiger partial charge >= 0.3 is 5.25 Å². The Morgan fingerprint density at radius 3 is 1.54 bits per heavy atom. The zero-order valence-corrected chi connectivity index (χ0v) is 23.3. The molecule has 0 N–H and O–H groups in total. The van der Waals surface area contributed by atoms with E-state index in [0.29, 0.717) is 19.3 Å².